The van der Waals surface area contributed by atoms with E-state index in [0.29, 0.717) is 5.92 Å². The lowest BCUT2D eigenvalue weighted by Crippen LogP contribution is -2.42. The lowest BCUT2D eigenvalue weighted by molar-refractivity contribution is 0.189. The minimum atomic E-state index is -0.449. The van der Waals surface area contributed by atoms with Gasteiger partial charge in [0.05, 0.1) is 6.61 Å². The molecule has 0 fully saturated rings. The molecule has 3 N–H and O–H groups in total. The number of aliphatic hydroxyl groups is 1. The van der Waals surface area contributed by atoms with Crippen LogP contribution in [-0.2, 0) is 6.42 Å². The Bertz CT molecular complexity index is 360. The van der Waals surface area contributed by atoms with Gasteiger partial charge in [0.2, 0.25) is 0 Å². The van der Waals surface area contributed by atoms with Gasteiger partial charge in [-0.15, -0.1) is 0 Å². The summed E-state index contributed by atoms with van der Waals surface area (Å²) in [7, 11) is 0. The summed E-state index contributed by atoms with van der Waals surface area (Å²) in [4.78, 5) is 0. The SMILES string of the molecule is C[C@@](N)(CO)C[C@@H]1CCCc2ccccc21. The van der Waals surface area contributed by atoms with E-state index in [4.69, 9.17) is 5.73 Å². The summed E-state index contributed by atoms with van der Waals surface area (Å²) in [5, 5.41) is 9.25. The molecule has 0 saturated heterocycles. The fourth-order valence-electron chi connectivity index (χ4n) is 2.69. The Morgan fingerprint density at radius 3 is 2.94 bits per heavy atom. The number of hydrogen-bond donors (Lipinski definition) is 2. The van der Waals surface area contributed by atoms with Gasteiger partial charge in [-0.05, 0) is 49.7 Å². The second-order valence-electron chi connectivity index (χ2n) is 5.30. The zero-order valence-corrected chi connectivity index (χ0v) is 9.95. The van der Waals surface area contributed by atoms with Crippen LogP contribution in [0.2, 0.25) is 0 Å². The van der Waals surface area contributed by atoms with Crippen molar-refractivity contribution in [2.45, 2.75) is 44.1 Å². The lowest BCUT2D eigenvalue weighted by Gasteiger charge is -2.32. The molecule has 2 heteroatoms. The van der Waals surface area contributed by atoms with Crippen LogP contribution in [-0.4, -0.2) is 17.3 Å². The molecule has 0 spiro atoms. The number of rotatable bonds is 3. The topological polar surface area (TPSA) is 46.2 Å². The Labute approximate surface area is 97.5 Å². The molecule has 1 aromatic carbocycles. The first-order chi connectivity index (χ1) is 7.62. The summed E-state index contributed by atoms with van der Waals surface area (Å²) in [6.07, 6.45) is 4.50. The van der Waals surface area contributed by atoms with Crippen molar-refractivity contribution in [3.8, 4) is 0 Å². The van der Waals surface area contributed by atoms with Crippen molar-refractivity contribution in [2.75, 3.05) is 6.61 Å². The summed E-state index contributed by atoms with van der Waals surface area (Å²) in [5.74, 6) is 0.520. The van der Waals surface area contributed by atoms with Gasteiger partial charge >= 0.3 is 0 Å². The Kier molecular flexibility index (Phi) is 3.31. The van der Waals surface area contributed by atoms with Gasteiger partial charge < -0.3 is 10.8 Å². The maximum Gasteiger partial charge on any atom is 0.0608 e. The summed E-state index contributed by atoms with van der Waals surface area (Å²) < 4.78 is 0. The third-order valence-electron chi connectivity index (χ3n) is 3.57. The molecule has 0 saturated carbocycles. The van der Waals surface area contributed by atoms with E-state index < -0.39 is 5.54 Å². The molecule has 0 heterocycles. The number of hydrogen-bond acceptors (Lipinski definition) is 2. The van der Waals surface area contributed by atoms with Gasteiger partial charge in [-0.25, -0.2) is 0 Å². The smallest absolute Gasteiger partial charge is 0.0608 e. The van der Waals surface area contributed by atoms with Crippen molar-refractivity contribution in [2.24, 2.45) is 5.73 Å². The molecule has 2 nitrogen and oxygen atoms in total. The molecule has 1 aromatic rings. The molecule has 88 valence electrons. The third kappa shape index (κ3) is 2.45. The monoisotopic (exact) mass is 219 g/mol. The predicted molar refractivity (Wildman–Crippen MR) is 66.4 cm³/mol. The highest BCUT2D eigenvalue weighted by Gasteiger charge is 2.27. The molecule has 0 unspecified atom stereocenters. The minimum Gasteiger partial charge on any atom is -0.394 e. The van der Waals surface area contributed by atoms with Crippen molar-refractivity contribution in [3.05, 3.63) is 35.4 Å². The van der Waals surface area contributed by atoms with Crippen LogP contribution in [0.5, 0.6) is 0 Å². The van der Waals surface area contributed by atoms with Crippen molar-refractivity contribution in [1.82, 2.24) is 0 Å². The van der Waals surface area contributed by atoms with Gasteiger partial charge in [0, 0.05) is 5.54 Å². The summed E-state index contributed by atoms with van der Waals surface area (Å²) >= 11 is 0. The van der Waals surface area contributed by atoms with Crippen LogP contribution in [0.25, 0.3) is 0 Å². The number of nitrogens with two attached hydrogens (primary N) is 1. The standard InChI is InChI=1S/C14H21NO/c1-14(15,10-16)9-12-7-4-6-11-5-2-3-8-13(11)12/h2-3,5,8,12,16H,4,6-7,9-10,15H2,1H3/t12-,14-/m0/s1. The molecule has 2 atom stereocenters. The number of aryl methyl sites for hydroxylation is 1. The normalized spacial score (nSPS) is 23.6. The van der Waals surface area contributed by atoms with E-state index in [0.717, 1.165) is 6.42 Å². The van der Waals surface area contributed by atoms with Crippen molar-refractivity contribution in [3.63, 3.8) is 0 Å². The molecule has 0 aromatic heterocycles. The van der Waals surface area contributed by atoms with Crippen LogP contribution in [0, 0.1) is 0 Å². The first-order valence-corrected chi connectivity index (χ1v) is 6.10. The fraction of sp³-hybridized carbons (Fsp3) is 0.571. The predicted octanol–water partition coefficient (Wildman–Crippen LogP) is 2.21. The first-order valence-electron chi connectivity index (χ1n) is 6.10. The average Bonchev–Trinajstić information content (AvgIpc) is 2.29. The zero-order valence-electron chi connectivity index (χ0n) is 9.95. The highest BCUT2D eigenvalue weighted by Crippen LogP contribution is 2.36. The second kappa shape index (κ2) is 4.56. The Balaban J connectivity index is 2.19. The van der Waals surface area contributed by atoms with Crippen LogP contribution >= 0.6 is 0 Å². The van der Waals surface area contributed by atoms with Crippen molar-refractivity contribution >= 4 is 0 Å². The highest BCUT2D eigenvalue weighted by atomic mass is 16.3. The molecule has 2 rings (SSSR count). The summed E-state index contributed by atoms with van der Waals surface area (Å²) in [6, 6.07) is 8.64. The Morgan fingerprint density at radius 1 is 1.44 bits per heavy atom. The van der Waals surface area contributed by atoms with E-state index in [1.807, 2.05) is 6.92 Å². The third-order valence-corrected chi connectivity index (χ3v) is 3.57. The maximum atomic E-state index is 9.25. The van der Waals surface area contributed by atoms with E-state index >= 15 is 0 Å². The zero-order chi connectivity index (χ0) is 11.6. The Hall–Kier alpha value is -0.860. The van der Waals surface area contributed by atoms with Gasteiger partial charge in [0.1, 0.15) is 0 Å². The molecule has 16 heavy (non-hydrogen) atoms. The van der Waals surface area contributed by atoms with Gasteiger partial charge in [-0.2, -0.15) is 0 Å². The summed E-state index contributed by atoms with van der Waals surface area (Å²) in [5.41, 5.74) is 8.51. The fourth-order valence-corrected chi connectivity index (χ4v) is 2.69. The minimum absolute atomic E-state index is 0.0612. The lowest BCUT2D eigenvalue weighted by atomic mass is 9.77. The van der Waals surface area contributed by atoms with Crippen molar-refractivity contribution in [1.29, 1.82) is 0 Å². The average molecular weight is 219 g/mol. The second-order valence-corrected chi connectivity index (χ2v) is 5.30. The van der Waals surface area contributed by atoms with Crippen molar-refractivity contribution < 1.29 is 5.11 Å². The Morgan fingerprint density at radius 2 is 2.19 bits per heavy atom. The maximum absolute atomic E-state index is 9.25. The number of benzene rings is 1. The molecule has 0 aliphatic heterocycles. The van der Waals surface area contributed by atoms with Crippen LogP contribution in [0.1, 0.15) is 43.2 Å². The van der Waals surface area contributed by atoms with E-state index in [-0.39, 0.29) is 6.61 Å². The van der Waals surface area contributed by atoms with E-state index in [9.17, 15) is 5.11 Å². The first kappa shape index (κ1) is 11.6. The molecular weight excluding hydrogens is 198 g/mol. The van der Waals surface area contributed by atoms with Crippen LogP contribution < -0.4 is 5.73 Å². The van der Waals surface area contributed by atoms with Gasteiger partial charge in [-0.3, -0.25) is 0 Å². The van der Waals surface area contributed by atoms with Gasteiger partial charge in [-0.1, -0.05) is 24.3 Å². The summed E-state index contributed by atoms with van der Waals surface area (Å²) in [6.45, 7) is 2.00. The molecule has 1 aliphatic carbocycles. The highest BCUT2D eigenvalue weighted by molar-refractivity contribution is 5.32. The van der Waals surface area contributed by atoms with E-state index in [2.05, 4.69) is 24.3 Å². The molecule has 0 amide bonds. The van der Waals surface area contributed by atoms with Gasteiger partial charge in [0.25, 0.3) is 0 Å². The number of aliphatic hydroxyl groups excluding tert-OH is 1. The van der Waals surface area contributed by atoms with E-state index in [1.165, 1.54) is 30.4 Å². The van der Waals surface area contributed by atoms with E-state index in [1.54, 1.807) is 0 Å². The van der Waals surface area contributed by atoms with Crippen LogP contribution in [0.4, 0.5) is 0 Å². The molecule has 1 aliphatic rings. The largest absolute Gasteiger partial charge is 0.394 e. The van der Waals surface area contributed by atoms with Crippen LogP contribution in [0.3, 0.4) is 0 Å². The van der Waals surface area contributed by atoms with Gasteiger partial charge in [0.15, 0.2) is 0 Å². The molecule has 0 radical (unpaired) electrons. The quantitative estimate of drug-likeness (QED) is 0.818. The molecule has 0 bridgehead atoms. The van der Waals surface area contributed by atoms with Crippen LogP contribution in [0.15, 0.2) is 24.3 Å². The molecular formula is C14H21NO. The number of fused-ring (bicyclic) bond motifs is 1.